The molecule has 0 saturated heterocycles. The lowest BCUT2D eigenvalue weighted by molar-refractivity contribution is -0.391. The van der Waals surface area contributed by atoms with Crippen LogP contribution in [0.25, 0.3) is 0 Å². The summed E-state index contributed by atoms with van der Waals surface area (Å²) in [4.78, 5) is 35.4. The van der Waals surface area contributed by atoms with Gasteiger partial charge in [-0.2, -0.15) is 0 Å². The van der Waals surface area contributed by atoms with Crippen LogP contribution in [0.4, 0.5) is 0 Å². The van der Waals surface area contributed by atoms with E-state index in [4.69, 9.17) is 24.1 Å². The molecule has 0 heterocycles. The average molecular weight is 455 g/mol. The Morgan fingerprint density at radius 3 is 1.69 bits per heavy atom. The highest BCUT2D eigenvalue weighted by atomic mass is 16.9. The molecule has 0 bridgehead atoms. The van der Waals surface area contributed by atoms with Crippen molar-refractivity contribution in [3.8, 4) is 0 Å². The molecule has 2 N–H and O–H groups in total. The summed E-state index contributed by atoms with van der Waals surface area (Å²) >= 11 is 0. The number of benzene rings is 1. The molecule has 0 atom stereocenters. The van der Waals surface area contributed by atoms with E-state index in [9.17, 15) is 19.5 Å². The van der Waals surface area contributed by atoms with E-state index in [1.54, 1.807) is 0 Å². The molecule has 1 aromatic carbocycles. The number of unbranched alkanes of at least 4 members (excludes halogenated alkanes) is 3. The number of esters is 1. The van der Waals surface area contributed by atoms with Crippen molar-refractivity contribution in [1.29, 1.82) is 0 Å². The zero-order valence-corrected chi connectivity index (χ0v) is 19.1. The number of hydrogen-bond acceptors (Lipinski definition) is 7. The highest BCUT2D eigenvalue weighted by molar-refractivity contribution is 6.04. The van der Waals surface area contributed by atoms with Gasteiger partial charge < -0.3 is 29.2 Å². The number of hydrogen-bond donors (Lipinski definition) is 2. The summed E-state index contributed by atoms with van der Waals surface area (Å²) in [5.74, 6) is -5.28. The fourth-order valence-corrected chi connectivity index (χ4v) is 2.63. The second kappa shape index (κ2) is 14.5. The van der Waals surface area contributed by atoms with Crippen LogP contribution in [0, 0.1) is 0 Å². The Morgan fingerprint density at radius 2 is 1.28 bits per heavy atom. The van der Waals surface area contributed by atoms with Crippen molar-refractivity contribution in [2.75, 3.05) is 26.4 Å². The van der Waals surface area contributed by atoms with E-state index in [0.29, 0.717) is 19.8 Å². The topological polar surface area (TPSA) is 129 Å². The highest BCUT2D eigenvalue weighted by Gasteiger charge is 2.36. The fraction of sp³-hybridized carbons (Fsp3) is 0.609. The van der Waals surface area contributed by atoms with Gasteiger partial charge in [0.15, 0.2) is 6.61 Å². The Morgan fingerprint density at radius 1 is 0.781 bits per heavy atom. The summed E-state index contributed by atoms with van der Waals surface area (Å²) in [6.45, 7) is 6.63. The molecule has 32 heavy (non-hydrogen) atoms. The van der Waals surface area contributed by atoms with Crippen LogP contribution >= 0.6 is 0 Å². The molecule has 0 unspecified atom stereocenters. The lowest BCUT2D eigenvalue weighted by Gasteiger charge is -2.33. The predicted molar refractivity (Wildman–Crippen MR) is 116 cm³/mol. The summed E-state index contributed by atoms with van der Waals surface area (Å²) in [7, 11) is 0. The molecular weight excluding hydrogens is 420 g/mol. The van der Waals surface area contributed by atoms with E-state index >= 15 is 0 Å². The van der Waals surface area contributed by atoms with Crippen LogP contribution < -0.4 is 0 Å². The van der Waals surface area contributed by atoms with E-state index in [2.05, 4.69) is 0 Å². The maximum atomic E-state index is 12.7. The van der Waals surface area contributed by atoms with Crippen molar-refractivity contribution in [2.24, 2.45) is 0 Å². The number of carboxylic acid groups (broad SMARTS) is 2. The van der Waals surface area contributed by atoms with Gasteiger partial charge in [-0.05, 0) is 37.5 Å². The first-order chi connectivity index (χ1) is 15.3. The number of carbonyl (C=O) groups is 3. The molecule has 0 amide bonds. The van der Waals surface area contributed by atoms with Gasteiger partial charge in [-0.15, -0.1) is 0 Å². The maximum Gasteiger partial charge on any atom is 0.339 e. The molecular formula is C23H34O9. The number of carboxylic acids is 2. The van der Waals surface area contributed by atoms with Gasteiger partial charge in [0.05, 0.1) is 36.5 Å². The van der Waals surface area contributed by atoms with E-state index in [1.165, 1.54) is 0 Å². The molecule has 0 aromatic heterocycles. The molecule has 1 aromatic rings. The Hall–Kier alpha value is -2.49. The van der Waals surface area contributed by atoms with Crippen molar-refractivity contribution >= 4 is 17.9 Å². The Bertz CT molecular complexity index is 718. The molecule has 1 rings (SSSR count). The zero-order valence-electron chi connectivity index (χ0n) is 19.1. The van der Waals surface area contributed by atoms with E-state index in [-0.39, 0.29) is 11.1 Å². The van der Waals surface area contributed by atoms with E-state index in [0.717, 1.165) is 56.7 Å². The second-order valence-corrected chi connectivity index (χ2v) is 7.24. The van der Waals surface area contributed by atoms with Crippen molar-refractivity contribution in [3.63, 3.8) is 0 Å². The summed E-state index contributed by atoms with van der Waals surface area (Å²) in [6, 6.07) is 3.18. The standard InChI is InChI=1S/C23H34O9/c1-4-7-12-30-23(31-13-8-5-2,32-14-9-6-3)16-29-22(28)18-11-10-17(20(24)25)15-19(18)21(26)27/h10-11,15H,4-9,12-14,16H2,1-3H3,(H,24,25)(H,26,27). The van der Waals surface area contributed by atoms with Crippen molar-refractivity contribution in [2.45, 2.75) is 65.3 Å². The van der Waals surface area contributed by atoms with Crippen molar-refractivity contribution in [3.05, 3.63) is 34.9 Å². The minimum Gasteiger partial charge on any atom is -0.478 e. The molecule has 0 aliphatic rings. The van der Waals surface area contributed by atoms with Crippen LogP contribution in [-0.2, 0) is 18.9 Å². The number of rotatable bonds is 17. The summed E-state index contributed by atoms with van der Waals surface area (Å²) in [5, 5.41) is 18.5. The van der Waals surface area contributed by atoms with E-state index < -0.39 is 36.1 Å². The Labute approximate surface area is 188 Å². The molecule has 0 aliphatic carbocycles. The lowest BCUT2D eigenvalue weighted by atomic mass is 10.0. The minimum absolute atomic E-state index is 0.248. The Kier molecular flexibility index (Phi) is 12.5. The van der Waals surface area contributed by atoms with Gasteiger partial charge in [-0.25, -0.2) is 14.4 Å². The summed E-state index contributed by atoms with van der Waals surface area (Å²) < 4.78 is 22.9. The van der Waals surface area contributed by atoms with E-state index in [1.807, 2.05) is 20.8 Å². The molecule has 0 aliphatic heterocycles. The monoisotopic (exact) mass is 454 g/mol. The molecule has 0 fully saturated rings. The first-order valence-electron chi connectivity index (χ1n) is 11.0. The molecule has 0 radical (unpaired) electrons. The quantitative estimate of drug-likeness (QED) is 0.200. The minimum atomic E-state index is -1.60. The number of aromatic carboxylic acids is 2. The molecule has 9 nitrogen and oxygen atoms in total. The van der Waals surface area contributed by atoms with Crippen LogP contribution in [-0.4, -0.2) is 60.5 Å². The highest BCUT2D eigenvalue weighted by Crippen LogP contribution is 2.21. The predicted octanol–water partition coefficient (Wildman–Crippen LogP) is 4.34. The van der Waals surface area contributed by atoms with Gasteiger partial charge in [-0.3, -0.25) is 0 Å². The average Bonchev–Trinajstić information content (AvgIpc) is 2.77. The molecule has 0 saturated carbocycles. The number of ether oxygens (including phenoxy) is 4. The van der Waals surface area contributed by atoms with Gasteiger partial charge in [0, 0.05) is 0 Å². The van der Waals surface area contributed by atoms with Gasteiger partial charge in [0.1, 0.15) is 0 Å². The first-order valence-corrected chi connectivity index (χ1v) is 11.0. The fourth-order valence-electron chi connectivity index (χ4n) is 2.63. The maximum absolute atomic E-state index is 12.7. The molecule has 9 heteroatoms. The Balaban J connectivity index is 3.07. The SMILES string of the molecule is CCCCOC(COC(=O)c1ccc(C(=O)O)cc1C(=O)O)(OCCCC)OCCCC. The third-order valence-corrected chi connectivity index (χ3v) is 4.56. The largest absolute Gasteiger partial charge is 0.478 e. The first kappa shape index (κ1) is 27.5. The van der Waals surface area contributed by atoms with Gasteiger partial charge in [-0.1, -0.05) is 40.0 Å². The van der Waals surface area contributed by atoms with Crippen molar-refractivity contribution in [1.82, 2.24) is 0 Å². The third kappa shape index (κ3) is 8.94. The lowest BCUT2D eigenvalue weighted by Crippen LogP contribution is -2.45. The van der Waals surface area contributed by atoms with Crippen LogP contribution in [0.2, 0.25) is 0 Å². The van der Waals surface area contributed by atoms with Gasteiger partial charge >= 0.3 is 23.9 Å². The van der Waals surface area contributed by atoms with Crippen LogP contribution in [0.1, 0.15) is 90.4 Å². The second-order valence-electron chi connectivity index (χ2n) is 7.24. The van der Waals surface area contributed by atoms with Crippen LogP contribution in [0.3, 0.4) is 0 Å². The van der Waals surface area contributed by atoms with Crippen LogP contribution in [0.5, 0.6) is 0 Å². The number of carbonyl (C=O) groups excluding carboxylic acids is 1. The summed E-state index contributed by atoms with van der Waals surface area (Å²) in [6.07, 6.45) is 4.92. The zero-order chi connectivity index (χ0) is 24.0. The molecule has 180 valence electrons. The van der Waals surface area contributed by atoms with Gasteiger partial charge in [0.2, 0.25) is 0 Å². The summed E-state index contributed by atoms with van der Waals surface area (Å²) in [5.41, 5.74) is -0.986. The normalized spacial score (nSPS) is 11.3. The van der Waals surface area contributed by atoms with Gasteiger partial charge in [0.25, 0.3) is 0 Å². The third-order valence-electron chi connectivity index (χ3n) is 4.56. The smallest absolute Gasteiger partial charge is 0.339 e. The van der Waals surface area contributed by atoms with Crippen molar-refractivity contribution < 1.29 is 43.5 Å². The molecule has 0 spiro atoms. The van der Waals surface area contributed by atoms with Crippen LogP contribution in [0.15, 0.2) is 18.2 Å².